The van der Waals surface area contributed by atoms with E-state index in [2.05, 4.69) is 17.0 Å². The minimum Gasteiger partial charge on any atom is -0.493 e. The molecule has 2 fully saturated rings. The number of hydrogen-bond donors (Lipinski definition) is 0. The van der Waals surface area contributed by atoms with Crippen molar-refractivity contribution in [1.29, 1.82) is 0 Å². The molecule has 2 aliphatic rings. The molecule has 0 unspecified atom stereocenters. The minimum atomic E-state index is -0.463. The van der Waals surface area contributed by atoms with E-state index in [0.717, 1.165) is 39.0 Å². The van der Waals surface area contributed by atoms with Crippen molar-refractivity contribution in [1.82, 2.24) is 24.5 Å². The van der Waals surface area contributed by atoms with Crippen LogP contribution in [0.1, 0.15) is 29.8 Å². The average Bonchev–Trinajstić information content (AvgIpc) is 3.24. The van der Waals surface area contributed by atoms with Crippen LogP contribution in [0, 0.1) is 5.41 Å². The van der Waals surface area contributed by atoms with Crippen LogP contribution >= 0.6 is 11.6 Å². The molecule has 9 heteroatoms. The van der Waals surface area contributed by atoms with Gasteiger partial charge in [-0.15, -0.1) is 0 Å². The molecule has 4 rings (SSSR count). The number of halogens is 1. The van der Waals surface area contributed by atoms with Crippen LogP contribution < -0.4 is 4.74 Å². The molecule has 8 nitrogen and oxygen atoms in total. The van der Waals surface area contributed by atoms with Crippen LogP contribution in [-0.2, 0) is 11.8 Å². The molecule has 0 spiro atoms. The number of likely N-dealkylation sites (tertiary alicyclic amines) is 1. The van der Waals surface area contributed by atoms with Gasteiger partial charge in [-0.05, 0) is 44.2 Å². The lowest BCUT2D eigenvalue weighted by Gasteiger charge is -2.43. The zero-order chi connectivity index (χ0) is 23.4. The summed E-state index contributed by atoms with van der Waals surface area (Å²) in [6, 6.07) is 9.02. The summed E-state index contributed by atoms with van der Waals surface area (Å²) in [5.41, 5.74) is 0.0851. The number of benzene rings is 1. The van der Waals surface area contributed by atoms with Crippen LogP contribution in [0.2, 0.25) is 5.02 Å². The monoisotopic (exact) mass is 473 g/mol. The molecule has 1 aromatic carbocycles. The van der Waals surface area contributed by atoms with Gasteiger partial charge in [0.2, 0.25) is 5.91 Å². The summed E-state index contributed by atoms with van der Waals surface area (Å²) < 4.78 is 7.75. The van der Waals surface area contributed by atoms with Gasteiger partial charge in [-0.1, -0.05) is 17.7 Å². The second kappa shape index (κ2) is 10.1. The van der Waals surface area contributed by atoms with E-state index in [1.165, 1.54) is 0 Å². The van der Waals surface area contributed by atoms with Gasteiger partial charge in [0.15, 0.2) is 0 Å². The molecule has 0 radical (unpaired) electrons. The second-order valence-corrected chi connectivity index (χ2v) is 9.71. The van der Waals surface area contributed by atoms with Crippen LogP contribution in [-0.4, -0.2) is 89.2 Å². The van der Waals surface area contributed by atoms with Gasteiger partial charge in [-0.2, -0.15) is 5.10 Å². The van der Waals surface area contributed by atoms with Gasteiger partial charge >= 0.3 is 0 Å². The van der Waals surface area contributed by atoms with Crippen molar-refractivity contribution in [2.24, 2.45) is 12.5 Å². The first kappa shape index (κ1) is 23.6. The number of hydrogen-bond acceptors (Lipinski definition) is 5. The molecule has 2 aromatic rings. The first-order valence-corrected chi connectivity index (χ1v) is 11.8. The predicted octanol–water partition coefficient (Wildman–Crippen LogP) is 2.54. The van der Waals surface area contributed by atoms with Gasteiger partial charge in [-0.3, -0.25) is 14.3 Å². The van der Waals surface area contributed by atoms with Crippen LogP contribution in [0.4, 0.5) is 0 Å². The molecule has 2 amide bonds. The molecule has 0 bridgehead atoms. The number of amides is 2. The fraction of sp³-hybridized carbons (Fsp3) is 0.542. The van der Waals surface area contributed by atoms with Crippen LogP contribution in [0.15, 0.2) is 36.5 Å². The standard InChI is InChI=1S/C24H32ClN5O3/c1-27-11-13-29(14-12-27)22(31)16-24(18-33-20-6-3-5-19(25)15-20)8-4-10-30(17-24)23(32)21-7-9-26-28(21)2/h3,5-7,9,15H,4,8,10-14,16-18H2,1-2H3/t24-/m1/s1. The van der Waals surface area contributed by atoms with Gasteiger partial charge in [0.1, 0.15) is 11.4 Å². The second-order valence-electron chi connectivity index (χ2n) is 9.28. The van der Waals surface area contributed by atoms with Crippen molar-refractivity contribution in [3.8, 4) is 5.75 Å². The molecule has 178 valence electrons. The third kappa shape index (κ3) is 5.68. The van der Waals surface area contributed by atoms with Crippen molar-refractivity contribution in [3.63, 3.8) is 0 Å². The number of ether oxygens (including phenoxy) is 1. The lowest BCUT2D eigenvalue weighted by Crippen LogP contribution is -2.53. The van der Waals surface area contributed by atoms with Crippen LogP contribution in [0.5, 0.6) is 5.75 Å². The minimum absolute atomic E-state index is 0.0612. The summed E-state index contributed by atoms with van der Waals surface area (Å²) in [4.78, 5) is 32.6. The number of likely N-dealkylation sites (N-methyl/N-ethyl adjacent to an activating group) is 1. The van der Waals surface area contributed by atoms with E-state index in [4.69, 9.17) is 16.3 Å². The normalized spacial score (nSPS) is 21.8. The zero-order valence-electron chi connectivity index (χ0n) is 19.4. The molecule has 33 heavy (non-hydrogen) atoms. The van der Waals surface area contributed by atoms with Crippen molar-refractivity contribution >= 4 is 23.4 Å². The Kier molecular flexibility index (Phi) is 7.24. The first-order chi connectivity index (χ1) is 15.8. The van der Waals surface area contributed by atoms with Gasteiger partial charge in [-0.25, -0.2) is 0 Å². The Morgan fingerprint density at radius 2 is 1.88 bits per heavy atom. The summed E-state index contributed by atoms with van der Waals surface area (Å²) >= 11 is 6.13. The zero-order valence-corrected chi connectivity index (χ0v) is 20.1. The van der Waals surface area contributed by atoms with Crippen molar-refractivity contribution in [2.45, 2.75) is 19.3 Å². The van der Waals surface area contributed by atoms with E-state index in [0.29, 0.717) is 42.6 Å². The Morgan fingerprint density at radius 3 is 2.58 bits per heavy atom. The highest BCUT2D eigenvalue weighted by molar-refractivity contribution is 6.30. The number of carbonyl (C=O) groups excluding carboxylic acids is 2. The highest BCUT2D eigenvalue weighted by Gasteiger charge is 2.41. The smallest absolute Gasteiger partial charge is 0.272 e. The number of rotatable bonds is 6. The van der Waals surface area contributed by atoms with E-state index in [1.54, 1.807) is 36.1 Å². The number of carbonyl (C=O) groups is 2. The Balaban J connectivity index is 1.52. The number of nitrogens with zero attached hydrogens (tertiary/aromatic N) is 5. The molecule has 1 aromatic heterocycles. The van der Waals surface area contributed by atoms with Gasteiger partial charge in [0.25, 0.3) is 5.91 Å². The Hall–Kier alpha value is -2.58. The quantitative estimate of drug-likeness (QED) is 0.644. The van der Waals surface area contributed by atoms with E-state index in [-0.39, 0.29) is 11.8 Å². The highest BCUT2D eigenvalue weighted by atomic mass is 35.5. The fourth-order valence-corrected chi connectivity index (χ4v) is 4.90. The maximum Gasteiger partial charge on any atom is 0.272 e. The van der Waals surface area contributed by atoms with Gasteiger partial charge in [0.05, 0.1) is 6.61 Å². The topological polar surface area (TPSA) is 70.9 Å². The van der Waals surface area contributed by atoms with E-state index in [9.17, 15) is 9.59 Å². The van der Waals surface area contributed by atoms with E-state index >= 15 is 0 Å². The number of piperidine rings is 1. The van der Waals surface area contributed by atoms with Crippen LogP contribution in [0.25, 0.3) is 0 Å². The molecule has 2 aliphatic heterocycles. The van der Waals surface area contributed by atoms with E-state index < -0.39 is 5.41 Å². The van der Waals surface area contributed by atoms with Crippen molar-refractivity contribution < 1.29 is 14.3 Å². The molecular formula is C24H32ClN5O3. The third-order valence-corrected chi connectivity index (χ3v) is 6.95. The Morgan fingerprint density at radius 1 is 1.09 bits per heavy atom. The molecule has 3 heterocycles. The Labute approximate surface area is 200 Å². The molecule has 0 saturated carbocycles. The summed E-state index contributed by atoms with van der Waals surface area (Å²) in [5.74, 6) is 0.741. The molecule has 2 saturated heterocycles. The number of piperazine rings is 1. The molecule has 0 N–H and O–H groups in total. The lowest BCUT2D eigenvalue weighted by molar-refractivity contribution is -0.137. The van der Waals surface area contributed by atoms with E-state index in [1.807, 2.05) is 21.9 Å². The lowest BCUT2D eigenvalue weighted by atomic mass is 9.77. The predicted molar refractivity (Wildman–Crippen MR) is 126 cm³/mol. The summed E-state index contributed by atoms with van der Waals surface area (Å²) in [6.07, 6.45) is 3.62. The first-order valence-electron chi connectivity index (χ1n) is 11.5. The molecule has 0 aliphatic carbocycles. The van der Waals surface area contributed by atoms with Crippen molar-refractivity contribution in [2.75, 3.05) is 52.9 Å². The Bertz CT molecular complexity index is 988. The molecule has 1 atom stereocenters. The fourth-order valence-electron chi connectivity index (χ4n) is 4.72. The SMILES string of the molecule is CN1CCN(C(=O)C[C@]2(COc3cccc(Cl)c3)CCCN(C(=O)c3ccnn3C)C2)CC1. The highest BCUT2D eigenvalue weighted by Crippen LogP contribution is 2.36. The maximum absolute atomic E-state index is 13.3. The van der Waals surface area contributed by atoms with Crippen LogP contribution in [0.3, 0.4) is 0 Å². The summed E-state index contributed by atoms with van der Waals surface area (Å²) in [5, 5.41) is 4.74. The van der Waals surface area contributed by atoms with Crippen molar-refractivity contribution in [3.05, 3.63) is 47.2 Å². The largest absolute Gasteiger partial charge is 0.493 e. The summed E-state index contributed by atoms with van der Waals surface area (Å²) in [6.45, 7) is 4.70. The average molecular weight is 474 g/mol. The third-order valence-electron chi connectivity index (χ3n) is 6.71. The maximum atomic E-state index is 13.3. The summed E-state index contributed by atoms with van der Waals surface area (Å²) in [7, 11) is 3.84. The number of aryl methyl sites for hydroxylation is 1. The van der Waals surface area contributed by atoms with Gasteiger partial charge in [0, 0.05) is 69.4 Å². The number of aromatic nitrogens is 2. The van der Waals surface area contributed by atoms with Gasteiger partial charge < -0.3 is 19.4 Å². The molecular weight excluding hydrogens is 442 g/mol.